The Morgan fingerprint density at radius 3 is 2.54 bits per heavy atom. The summed E-state index contributed by atoms with van der Waals surface area (Å²) in [6.07, 6.45) is 1.62. The van der Waals surface area contributed by atoms with Crippen LogP contribution in [0.1, 0.15) is 35.1 Å². The summed E-state index contributed by atoms with van der Waals surface area (Å²) in [5.74, 6) is 0.337. The summed E-state index contributed by atoms with van der Waals surface area (Å²) in [4.78, 5) is 34.8. The highest BCUT2D eigenvalue weighted by Gasteiger charge is 2.49. The van der Waals surface area contributed by atoms with Crippen molar-refractivity contribution in [1.29, 1.82) is 0 Å². The summed E-state index contributed by atoms with van der Waals surface area (Å²) in [7, 11) is 0. The molecule has 1 saturated heterocycles. The number of aryl methyl sites for hydroxylation is 3. The van der Waals surface area contributed by atoms with Gasteiger partial charge in [-0.2, -0.15) is 0 Å². The Balaban J connectivity index is 1.91. The molecule has 0 radical (unpaired) electrons. The molecule has 1 unspecified atom stereocenters. The minimum atomic E-state index is -1.06. The SMILES string of the molecule is Cc1nccc(CN2C(=O)NC(C)(c3ccc(C)c(C)c3)C2=O)n1. The number of urea groups is 1. The van der Waals surface area contributed by atoms with Crippen molar-refractivity contribution in [2.24, 2.45) is 0 Å². The molecule has 3 amide bonds. The second kappa shape index (κ2) is 5.70. The first-order valence-electron chi connectivity index (χ1n) is 7.81. The van der Waals surface area contributed by atoms with Crippen LogP contribution in [-0.4, -0.2) is 26.8 Å². The summed E-state index contributed by atoms with van der Waals surface area (Å²) in [6.45, 7) is 7.65. The van der Waals surface area contributed by atoms with E-state index in [-0.39, 0.29) is 12.5 Å². The zero-order chi connectivity index (χ0) is 17.5. The summed E-state index contributed by atoms with van der Waals surface area (Å²) >= 11 is 0. The monoisotopic (exact) mass is 324 g/mol. The van der Waals surface area contributed by atoms with Crippen LogP contribution in [0, 0.1) is 20.8 Å². The Kier molecular flexibility index (Phi) is 3.83. The number of carbonyl (C=O) groups excluding carboxylic acids is 2. The molecule has 0 bridgehead atoms. The van der Waals surface area contributed by atoms with Gasteiger partial charge in [-0.15, -0.1) is 0 Å². The van der Waals surface area contributed by atoms with Crippen molar-refractivity contribution in [2.45, 2.75) is 39.8 Å². The number of nitrogens with one attached hydrogen (secondary N) is 1. The Labute approximate surface area is 140 Å². The molecule has 1 aromatic carbocycles. The number of rotatable bonds is 3. The molecule has 1 N–H and O–H groups in total. The van der Waals surface area contributed by atoms with E-state index in [9.17, 15) is 9.59 Å². The third-order valence-corrected chi connectivity index (χ3v) is 4.51. The smallest absolute Gasteiger partial charge is 0.319 e. The maximum atomic E-state index is 12.9. The van der Waals surface area contributed by atoms with Crippen molar-refractivity contribution >= 4 is 11.9 Å². The molecular formula is C18H20N4O2. The summed E-state index contributed by atoms with van der Waals surface area (Å²) in [6, 6.07) is 7.10. The predicted molar refractivity (Wildman–Crippen MR) is 89.1 cm³/mol. The van der Waals surface area contributed by atoms with Crippen LogP contribution in [0.2, 0.25) is 0 Å². The topological polar surface area (TPSA) is 75.2 Å². The summed E-state index contributed by atoms with van der Waals surface area (Å²) < 4.78 is 0. The maximum absolute atomic E-state index is 12.9. The van der Waals surface area contributed by atoms with Gasteiger partial charge in [0.2, 0.25) is 0 Å². The normalized spacial score (nSPS) is 20.4. The number of hydrogen-bond acceptors (Lipinski definition) is 4. The number of amides is 3. The molecule has 24 heavy (non-hydrogen) atoms. The average molecular weight is 324 g/mol. The van der Waals surface area contributed by atoms with Crippen molar-refractivity contribution in [3.05, 3.63) is 58.7 Å². The predicted octanol–water partition coefficient (Wildman–Crippen LogP) is 2.37. The highest BCUT2D eigenvalue weighted by molar-refractivity contribution is 6.07. The van der Waals surface area contributed by atoms with Crippen LogP contribution in [0.25, 0.3) is 0 Å². The molecule has 0 spiro atoms. The number of hydrogen-bond donors (Lipinski definition) is 1. The van der Waals surface area contributed by atoms with Gasteiger partial charge in [-0.05, 0) is 50.5 Å². The lowest BCUT2D eigenvalue weighted by atomic mass is 9.89. The van der Waals surface area contributed by atoms with Gasteiger partial charge in [0, 0.05) is 6.20 Å². The molecule has 0 saturated carbocycles. The molecule has 6 heteroatoms. The van der Waals surface area contributed by atoms with Gasteiger partial charge in [0.05, 0.1) is 12.2 Å². The molecule has 3 rings (SSSR count). The van der Waals surface area contributed by atoms with Crippen molar-refractivity contribution in [3.63, 3.8) is 0 Å². The summed E-state index contributed by atoms with van der Waals surface area (Å²) in [5, 5.41) is 2.82. The first-order chi connectivity index (χ1) is 11.3. The average Bonchev–Trinajstić information content (AvgIpc) is 2.74. The number of imide groups is 1. The lowest BCUT2D eigenvalue weighted by Gasteiger charge is -2.23. The van der Waals surface area contributed by atoms with E-state index in [4.69, 9.17) is 0 Å². The largest absolute Gasteiger partial charge is 0.325 e. The van der Waals surface area contributed by atoms with Crippen LogP contribution in [0.5, 0.6) is 0 Å². The third kappa shape index (κ3) is 2.64. The minimum absolute atomic E-state index is 0.133. The molecule has 2 heterocycles. The molecule has 1 aromatic heterocycles. The van der Waals surface area contributed by atoms with Crippen LogP contribution in [-0.2, 0) is 16.9 Å². The Morgan fingerprint density at radius 1 is 1.12 bits per heavy atom. The zero-order valence-electron chi connectivity index (χ0n) is 14.3. The maximum Gasteiger partial charge on any atom is 0.325 e. The fourth-order valence-electron chi connectivity index (χ4n) is 2.84. The van der Waals surface area contributed by atoms with E-state index in [0.29, 0.717) is 11.5 Å². The van der Waals surface area contributed by atoms with Crippen LogP contribution in [0.3, 0.4) is 0 Å². The van der Waals surface area contributed by atoms with E-state index in [1.165, 1.54) is 4.90 Å². The van der Waals surface area contributed by atoms with E-state index in [2.05, 4.69) is 15.3 Å². The first-order valence-corrected chi connectivity index (χ1v) is 7.81. The van der Waals surface area contributed by atoms with Crippen LogP contribution in [0.15, 0.2) is 30.5 Å². The quantitative estimate of drug-likeness (QED) is 0.880. The molecule has 2 aromatic rings. The lowest BCUT2D eigenvalue weighted by Crippen LogP contribution is -2.41. The number of aromatic nitrogens is 2. The van der Waals surface area contributed by atoms with Crippen molar-refractivity contribution < 1.29 is 9.59 Å². The van der Waals surface area contributed by atoms with E-state index in [0.717, 1.165) is 16.7 Å². The van der Waals surface area contributed by atoms with Crippen molar-refractivity contribution in [3.8, 4) is 0 Å². The molecule has 0 aliphatic carbocycles. The van der Waals surface area contributed by atoms with Gasteiger partial charge in [-0.25, -0.2) is 14.8 Å². The number of benzene rings is 1. The fourth-order valence-corrected chi connectivity index (χ4v) is 2.84. The van der Waals surface area contributed by atoms with Gasteiger partial charge < -0.3 is 5.32 Å². The Hall–Kier alpha value is -2.76. The molecule has 6 nitrogen and oxygen atoms in total. The highest BCUT2D eigenvalue weighted by atomic mass is 16.2. The van der Waals surface area contributed by atoms with E-state index >= 15 is 0 Å². The Bertz CT molecular complexity index is 834. The fraction of sp³-hybridized carbons (Fsp3) is 0.333. The van der Waals surface area contributed by atoms with Crippen LogP contribution < -0.4 is 5.32 Å². The van der Waals surface area contributed by atoms with E-state index < -0.39 is 11.6 Å². The van der Waals surface area contributed by atoms with Gasteiger partial charge in [-0.1, -0.05) is 18.2 Å². The van der Waals surface area contributed by atoms with Gasteiger partial charge in [0.25, 0.3) is 5.91 Å². The zero-order valence-corrected chi connectivity index (χ0v) is 14.3. The second-order valence-corrected chi connectivity index (χ2v) is 6.34. The summed E-state index contributed by atoms with van der Waals surface area (Å²) in [5.41, 5.74) is 2.59. The molecule has 1 atom stereocenters. The van der Waals surface area contributed by atoms with Gasteiger partial charge in [-0.3, -0.25) is 9.69 Å². The lowest BCUT2D eigenvalue weighted by molar-refractivity contribution is -0.131. The minimum Gasteiger partial charge on any atom is -0.319 e. The van der Waals surface area contributed by atoms with E-state index in [1.54, 1.807) is 26.1 Å². The number of nitrogens with zero attached hydrogens (tertiary/aromatic N) is 3. The van der Waals surface area contributed by atoms with Crippen molar-refractivity contribution in [1.82, 2.24) is 20.2 Å². The van der Waals surface area contributed by atoms with E-state index in [1.807, 2.05) is 32.0 Å². The number of carbonyl (C=O) groups is 2. The Morgan fingerprint density at radius 2 is 1.88 bits per heavy atom. The molecule has 1 fully saturated rings. The first kappa shape index (κ1) is 16.1. The molecule has 1 aliphatic heterocycles. The highest BCUT2D eigenvalue weighted by Crippen LogP contribution is 2.30. The van der Waals surface area contributed by atoms with Gasteiger partial charge in [0.1, 0.15) is 11.4 Å². The van der Waals surface area contributed by atoms with Gasteiger partial charge in [0.15, 0.2) is 0 Å². The third-order valence-electron chi connectivity index (χ3n) is 4.51. The van der Waals surface area contributed by atoms with Crippen LogP contribution >= 0.6 is 0 Å². The van der Waals surface area contributed by atoms with Crippen molar-refractivity contribution in [2.75, 3.05) is 0 Å². The molecular weight excluding hydrogens is 304 g/mol. The standard InChI is InChI=1S/C18H20N4O2/c1-11-5-6-14(9-12(11)2)18(4)16(23)22(17(24)21-18)10-15-7-8-19-13(3)20-15/h5-9H,10H2,1-4H3,(H,21,24). The molecule has 124 valence electrons. The van der Waals surface area contributed by atoms with Crippen LogP contribution in [0.4, 0.5) is 4.79 Å². The van der Waals surface area contributed by atoms with Gasteiger partial charge >= 0.3 is 6.03 Å². The molecule has 1 aliphatic rings. The second-order valence-electron chi connectivity index (χ2n) is 6.34.